The molecule has 0 aliphatic rings. The van der Waals surface area contributed by atoms with Crippen molar-refractivity contribution in [1.82, 2.24) is 4.90 Å². The highest BCUT2D eigenvalue weighted by Gasteiger charge is 2.12. The van der Waals surface area contributed by atoms with E-state index in [9.17, 15) is 4.79 Å². The number of likely N-dealkylation sites (N-methyl/N-ethyl adjacent to an activating group) is 1. The van der Waals surface area contributed by atoms with Crippen LogP contribution in [0.1, 0.15) is 19.4 Å². The van der Waals surface area contributed by atoms with Crippen LogP contribution in [0.3, 0.4) is 0 Å². The van der Waals surface area contributed by atoms with Gasteiger partial charge in [-0.3, -0.25) is 4.79 Å². The molecule has 18 heavy (non-hydrogen) atoms. The second-order valence-corrected chi connectivity index (χ2v) is 3.93. The first-order valence-electron chi connectivity index (χ1n) is 6.14. The van der Waals surface area contributed by atoms with Crippen molar-refractivity contribution in [3.05, 3.63) is 23.8 Å². The van der Waals surface area contributed by atoms with Gasteiger partial charge in [0.2, 0.25) is 5.91 Å². The van der Waals surface area contributed by atoms with E-state index in [4.69, 9.17) is 9.47 Å². The highest BCUT2D eigenvalue weighted by atomic mass is 16.5. The van der Waals surface area contributed by atoms with Gasteiger partial charge in [0.15, 0.2) is 11.5 Å². The molecule has 0 heterocycles. The van der Waals surface area contributed by atoms with E-state index >= 15 is 0 Å². The number of benzene rings is 1. The highest BCUT2D eigenvalue weighted by Crippen LogP contribution is 2.27. The van der Waals surface area contributed by atoms with Gasteiger partial charge in [0, 0.05) is 13.1 Å². The summed E-state index contributed by atoms with van der Waals surface area (Å²) >= 11 is 0. The van der Waals surface area contributed by atoms with Crippen molar-refractivity contribution in [2.75, 3.05) is 27.3 Å². The summed E-state index contributed by atoms with van der Waals surface area (Å²) in [5.41, 5.74) is 0.935. The minimum Gasteiger partial charge on any atom is -0.493 e. The number of ether oxygens (including phenoxy) is 2. The maximum atomic E-state index is 12.0. The molecule has 0 atom stereocenters. The average Bonchev–Trinajstić information content (AvgIpc) is 2.40. The molecule has 0 unspecified atom stereocenters. The molecule has 4 nitrogen and oxygen atoms in total. The Morgan fingerprint density at radius 3 is 2.22 bits per heavy atom. The lowest BCUT2D eigenvalue weighted by Gasteiger charge is -2.18. The van der Waals surface area contributed by atoms with E-state index in [2.05, 4.69) is 0 Å². The van der Waals surface area contributed by atoms with Crippen LogP contribution in [0.15, 0.2) is 18.2 Å². The maximum absolute atomic E-state index is 12.0. The first kappa shape index (κ1) is 14.4. The van der Waals surface area contributed by atoms with E-state index in [1.165, 1.54) is 0 Å². The van der Waals surface area contributed by atoms with Crippen LogP contribution in [0.4, 0.5) is 0 Å². The van der Waals surface area contributed by atoms with Gasteiger partial charge in [-0.25, -0.2) is 0 Å². The van der Waals surface area contributed by atoms with Crippen molar-refractivity contribution >= 4 is 5.91 Å². The van der Waals surface area contributed by atoms with Gasteiger partial charge in [0.1, 0.15) is 0 Å². The summed E-state index contributed by atoms with van der Waals surface area (Å²) in [6.07, 6.45) is 0.391. The molecule has 1 amide bonds. The Kier molecular flexibility index (Phi) is 5.49. The van der Waals surface area contributed by atoms with Crippen LogP contribution in [-0.2, 0) is 11.2 Å². The van der Waals surface area contributed by atoms with Crippen molar-refractivity contribution in [3.63, 3.8) is 0 Å². The van der Waals surface area contributed by atoms with Gasteiger partial charge in [0.05, 0.1) is 20.6 Å². The molecule has 0 radical (unpaired) electrons. The number of amides is 1. The lowest BCUT2D eigenvalue weighted by molar-refractivity contribution is -0.130. The molecule has 0 saturated carbocycles. The monoisotopic (exact) mass is 251 g/mol. The molecule has 1 rings (SSSR count). The van der Waals surface area contributed by atoms with Gasteiger partial charge in [-0.1, -0.05) is 6.07 Å². The predicted octanol–water partition coefficient (Wildman–Crippen LogP) is 2.11. The van der Waals surface area contributed by atoms with Crippen molar-refractivity contribution in [1.29, 1.82) is 0 Å². The molecule has 0 N–H and O–H groups in total. The first-order chi connectivity index (χ1) is 8.65. The lowest BCUT2D eigenvalue weighted by atomic mass is 10.1. The Labute approximate surface area is 108 Å². The molecule has 0 fully saturated rings. The summed E-state index contributed by atoms with van der Waals surface area (Å²) in [5.74, 6) is 1.46. The Morgan fingerprint density at radius 2 is 1.72 bits per heavy atom. The molecule has 1 aromatic rings. The van der Waals surface area contributed by atoms with Gasteiger partial charge < -0.3 is 14.4 Å². The third-order valence-corrected chi connectivity index (χ3v) is 2.92. The minimum atomic E-state index is 0.132. The number of methoxy groups -OCH3 is 2. The molecule has 0 bridgehead atoms. The van der Waals surface area contributed by atoms with Crippen LogP contribution >= 0.6 is 0 Å². The summed E-state index contributed by atoms with van der Waals surface area (Å²) in [4.78, 5) is 13.8. The fourth-order valence-electron chi connectivity index (χ4n) is 1.85. The van der Waals surface area contributed by atoms with E-state index in [1.807, 2.05) is 36.9 Å². The SMILES string of the molecule is CCN(CC)C(=O)Cc1ccc(OC)c(OC)c1. The molecule has 0 aliphatic carbocycles. The van der Waals surface area contributed by atoms with Crippen molar-refractivity contribution in [2.45, 2.75) is 20.3 Å². The Balaban J connectivity index is 2.82. The van der Waals surface area contributed by atoms with Gasteiger partial charge in [0.25, 0.3) is 0 Å². The molecule has 0 spiro atoms. The standard InChI is InChI=1S/C14H21NO3/c1-5-15(6-2)14(16)10-11-7-8-12(17-3)13(9-11)18-4/h7-9H,5-6,10H2,1-4H3. The number of rotatable bonds is 6. The molecule has 0 aliphatic heterocycles. The van der Waals surface area contributed by atoms with Crippen LogP contribution < -0.4 is 9.47 Å². The summed E-state index contributed by atoms with van der Waals surface area (Å²) in [6.45, 7) is 5.44. The van der Waals surface area contributed by atoms with E-state index in [1.54, 1.807) is 14.2 Å². The van der Waals surface area contributed by atoms with E-state index < -0.39 is 0 Å². The molecule has 0 saturated heterocycles. The van der Waals surface area contributed by atoms with E-state index in [0.717, 1.165) is 18.7 Å². The highest BCUT2D eigenvalue weighted by molar-refractivity contribution is 5.79. The first-order valence-corrected chi connectivity index (χ1v) is 6.14. The van der Waals surface area contributed by atoms with Gasteiger partial charge in [-0.15, -0.1) is 0 Å². The third kappa shape index (κ3) is 3.39. The maximum Gasteiger partial charge on any atom is 0.226 e. The Hall–Kier alpha value is -1.71. The molecular formula is C14H21NO3. The van der Waals surface area contributed by atoms with Crippen LogP contribution in [-0.4, -0.2) is 38.1 Å². The average molecular weight is 251 g/mol. The lowest BCUT2D eigenvalue weighted by Crippen LogP contribution is -2.31. The second-order valence-electron chi connectivity index (χ2n) is 3.93. The molecule has 4 heteroatoms. The summed E-state index contributed by atoms with van der Waals surface area (Å²) in [5, 5.41) is 0. The van der Waals surface area contributed by atoms with E-state index in [0.29, 0.717) is 17.9 Å². The molecular weight excluding hydrogens is 230 g/mol. The number of hydrogen-bond acceptors (Lipinski definition) is 3. The summed E-state index contributed by atoms with van der Waals surface area (Å²) in [6, 6.07) is 5.56. The fourth-order valence-corrected chi connectivity index (χ4v) is 1.85. The van der Waals surface area contributed by atoms with Crippen molar-refractivity contribution in [2.24, 2.45) is 0 Å². The van der Waals surface area contributed by atoms with Crippen LogP contribution in [0.2, 0.25) is 0 Å². The predicted molar refractivity (Wildman–Crippen MR) is 71.2 cm³/mol. The van der Waals surface area contributed by atoms with Crippen LogP contribution in [0, 0.1) is 0 Å². The second kappa shape index (κ2) is 6.89. The van der Waals surface area contributed by atoms with Crippen molar-refractivity contribution < 1.29 is 14.3 Å². The van der Waals surface area contributed by atoms with E-state index in [-0.39, 0.29) is 5.91 Å². The van der Waals surface area contributed by atoms with Crippen molar-refractivity contribution in [3.8, 4) is 11.5 Å². The number of carbonyl (C=O) groups excluding carboxylic acids is 1. The smallest absolute Gasteiger partial charge is 0.226 e. The zero-order chi connectivity index (χ0) is 13.5. The van der Waals surface area contributed by atoms with Gasteiger partial charge >= 0.3 is 0 Å². The molecule has 0 aromatic heterocycles. The van der Waals surface area contributed by atoms with Crippen LogP contribution in [0.5, 0.6) is 11.5 Å². The molecule has 1 aromatic carbocycles. The van der Waals surface area contributed by atoms with Gasteiger partial charge in [-0.2, -0.15) is 0 Å². The zero-order valence-electron chi connectivity index (χ0n) is 11.5. The topological polar surface area (TPSA) is 38.8 Å². The van der Waals surface area contributed by atoms with Crippen LogP contribution in [0.25, 0.3) is 0 Å². The fraction of sp³-hybridized carbons (Fsp3) is 0.500. The third-order valence-electron chi connectivity index (χ3n) is 2.92. The Morgan fingerprint density at radius 1 is 1.11 bits per heavy atom. The quantitative estimate of drug-likeness (QED) is 0.777. The number of nitrogens with zero attached hydrogens (tertiary/aromatic N) is 1. The largest absolute Gasteiger partial charge is 0.493 e. The summed E-state index contributed by atoms with van der Waals surface area (Å²) < 4.78 is 10.4. The minimum absolute atomic E-state index is 0.132. The van der Waals surface area contributed by atoms with Gasteiger partial charge in [-0.05, 0) is 31.5 Å². The number of carbonyl (C=O) groups is 1. The summed E-state index contributed by atoms with van der Waals surface area (Å²) in [7, 11) is 3.19. The Bertz CT molecular complexity index is 400. The normalized spacial score (nSPS) is 10.0. The number of hydrogen-bond donors (Lipinski definition) is 0. The molecule has 100 valence electrons. The zero-order valence-corrected chi connectivity index (χ0v) is 11.5.